The number of hydrogen-bond donors (Lipinski definition) is 0. The predicted molar refractivity (Wildman–Crippen MR) is 69.6 cm³/mol. The minimum atomic E-state index is 0.837. The van der Waals surface area contributed by atoms with Gasteiger partial charge in [0.1, 0.15) is 0 Å². The highest BCUT2D eigenvalue weighted by molar-refractivity contribution is 8.11. The van der Waals surface area contributed by atoms with Gasteiger partial charge in [0.05, 0.1) is 11.2 Å². The fraction of sp³-hybridized carbons (Fsp3) is 0.462. The van der Waals surface area contributed by atoms with E-state index in [0.29, 0.717) is 0 Å². The largest absolute Gasteiger partial charge is 0.250 e. The molecule has 1 fully saturated rings. The minimum Gasteiger partial charge on any atom is -0.250 e. The van der Waals surface area contributed by atoms with Crippen molar-refractivity contribution < 1.29 is 0 Å². The summed E-state index contributed by atoms with van der Waals surface area (Å²) in [4.78, 5) is 4.41. The predicted octanol–water partition coefficient (Wildman–Crippen LogP) is 4.20. The summed E-state index contributed by atoms with van der Waals surface area (Å²) in [5.41, 5.74) is 7.36. The molecule has 1 aromatic carbocycles. The first-order valence-electron chi connectivity index (χ1n) is 5.39. The molecule has 1 aliphatic carbocycles. The van der Waals surface area contributed by atoms with Gasteiger partial charge >= 0.3 is 0 Å². The van der Waals surface area contributed by atoms with Crippen LogP contribution in [0.25, 0.3) is 0 Å². The van der Waals surface area contributed by atoms with Crippen molar-refractivity contribution in [2.45, 2.75) is 32.6 Å². The quantitative estimate of drug-likeness (QED) is 0.548. The maximum absolute atomic E-state index is 4.41. The van der Waals surface area contributed by atoms with Crippen molar-refractivity contribution in [3.8, 4) is 0 Å². The van der Waals surface area contributed by atoms with Gasteiger partial charge in [-0.2, -0.15) is 0 Å². The molecule has 0 atom stereocenters. The smallest absolute Gasteiger partial charge is 0.0641 e. The van der Waals surface area contributed by atoms with E-state index in [2.05, 4.69) is 31.0 Å². The van der Waals surface area contributed by atoms with E-state index in [-0.39, 0.29) is 0 Å². The van der Waals surface area contributed by atoms with Gasteiger partial charge in [-0.1, -0.05) is 0 Å². The van der Waals surface area contributed by atoms with Crippen molar-refractivity contribution in [3.63, 3.8) is 0 Å². The lowest BCUT2D eigenvalue weighted by atomic mass is 9.98. The lowest BCUT2D eigenvalue weighted by molar-refractivity contribution is 1.07. The molecule has 2 rings (SSSR count). The fourth-order valence-corrected chi connectivity index (χ4v) is 2.38. The van der Waals surface area contributed by atoms with Crippen LogP contribution < -0.4 is 0 Å². The van der Waals surface area contributed by atoms with Crippen LogP contribution in [-0.4, -0.2) is 11.8 Å². The molecule has 0 aliphatic heterocycles. The van der Waals surface area contributed by atoms with E-state index in [1.54, 1.807) is 17.3 Å². The van der Waals surface area contributed by atoms with Crippen LogP contribution in [0.5, 0.6) is 0 Å². The summed E-state index contributed by atoms with van der Waals surface area (Å²) in [5, 5.41) is 0. The van der Waals surface area contributed by atoms with Crippen LogP contribution in [0.1, 0.15) is 35.4 Å². The molecule has 0 N–H and O–H groups in total. The summed E-state index contributed by atoms with van der Waals surface area (Å²) in [6.45, 7) is 4.41. The van der Waals surface area contributed by atoms with Gasteiger partial charge in [0.2, 0.25) is 0 Å². The van der Waals surface area contributed by atoms with Crippen LogP contribution in [0.2, 0.25) is 0 Å². The van der Waals surface area contributed by atoms with Gasteiger partial charge in [0.25, 0.3) is 0 Å². The first-order valence-corrected chi connectivity index (χ1v) is 6.67. The molecule has 0 spiro atoms. The Balaban J connectivity index is 2.33. The van der Waals surface area contributed by atoms with Crippen molar-refractivity contribution in [2.75, 3.05) is 6.26 Å². The van der Waals surface area contributed by atoms with Gasteiger partial charge in [0.15, 0.2) is 0 Å². The average molecular weight is 219 g/mol. The third kappa shape index (κ3) is 2.43. The molecule has 15 heavy (non-hydrogen) atoms. The monoisotopic (exact) mass is 219 g/mol. The molecule has 0 heterocycles. The zero-order chi connectivity index (χ0) is 10.8. The van der Waals surface area contributed by atoms with Crippen LogP contribution >= 0.6 is 11.8 Å². The van der Waals surface area contributed by atoms with E-state index >= 15 is 0 Å². The Hall–Kier alpha value is -0.760. The molecular formula is C13H17NS. The van der Waals surface area contributed by atoms with Gasteiger partial charge in [-0.05, 0) is 67.7 Å². The standard InChI is InChI=1S/C13H17NS/c1-9-6-12(14-8-15-3)7-10(2)13(9)11-4-5-11/h6-8,11H,4-5H2,1-3H3/b14-8+. The number of aliphatic imine (C=N–C) groups is 1. The topological polar surface area (TPSA) is 12.4 Å². The van der Waals surface area contributed by atoms with Crippen molar-refractivity contribution in [1.82, 2.24) is 0 Å². The Bertz CT molecular complexity index is 369. The third-order valence-corrected chi connectivity index (χ3v) is 3.19. The molecule has 1 aliphatic rings. The highest BCUT2D eigenvalue weighted by atomic mass is 32.2. The van der Waals surface area contributed by atoms with E-state index in [4.69, 9.17) is 0 Å². The van der Waals surface area contributed by atoms with Crippen molar-refractivity contribution >= 4 is 23.0 Å². The Morgan fingerprint density at radius 1 is 1.27 bits per heavy atom. The summed E-state index contributed by atoms with van der Waals surface area (Å²) in [6.07, 6.45) is 4.77. The molecule has 0 amide bonds. The van der Waals surface area contributed by atoms with E-state index in [1.807, 2.05) is 11.8 Å². The molecule has 1 nitrogen and oxygen atoms in total. The number of nitrogens with zero attached hydrogens (tertiary/aromatic N) is 1. The number of benzene rings is 1. The normalized spacial score (nSPS) is 16.2. The average Bonchev–Trinajstić information content (AvgIpc) is 2.97. The van der Waals surface area contributed by atoms with Gasteiger partial charge < -0.3 is 0 Å². The van der Waals surface area contributed by atoms with Gasteiger partial charge in [-0.3, -0.25) is 4.99 Å². The summed E-state index contributed by atoms with van der Waals surface area (Å²) in [7, 11) is 0. The Kier molecular flexibility index (Phi) is 3.15. The summed E-state index contributed by atoms with van der Waals surface area (Å²) in [6, 6.07) is 4.40. The zero-order valence-corrected chi connectivity index (χ0v) is 10.4. The number of rotatable bonds is 3. The fourth-order valence-electron chi connectivity index (χ4n) is 2.16. The lowest BCUT2D eigenvalue weighted by Crippen LogP contribution is -1.90. The summed E-state index contributed by atoms with van der Waals surface area (Å²) < 4.78 is 0. The highest BCUT2D eigenvalue weighted by Gasteiger charge is 2.26. The van der Waals surface area contributed by atoms with Crippen molar-refractivity contribution in [1.29, 1.82) is 0 Å². The maximum atomic E-state index is 4.41. The first-order chi connectivity index (χ1) is 7.22. The Morgan fingerprint density at radius 3 is 2.33 bits per heavy atom. The second-order valence-corrected chi connectivity index (χ2v) is 4.92. The number of hydrogen-bond acceptors (Lipinski definition) is 2. The highest BCUT2D eigenvalue weighted by Crippen LogP contribution is 2.44. The van der Waals surface area contributed by atoms with Gasteiger partial charge in [-0.15, -0.1) is 11.8 Å². The molecule has 2 heteroatoms. The van der Waals surface area contributed by atoms with Crippen molar-refractivity contribution in [2.24, 2.45) is 4.99 Å². The molecule has 0 unspecified atom stereocenters. The van der Waals surface area contributed by atoms with Crippen LogP contribution in [0, 0.1) is 13.8 Å². The minimum absolute atomic E-state index is 0.837. The Morgan fingerprint density at radius 2 is 1.87 bits per heavy atom. The van der Waals surface area contributed by atoms with Crippen LogP contribution in [0.4, 0.5) is 5.69 Å². The van der Waals surface area contributed by atoms with Crippen LogP contribution in [0.15, 0.2) is 17.1 Å². The van der Waals surface area contributed by atoms with Gasteiger partial charge in [0, 0.05) is 0 Å². The molecule has 80 valence electrons. The number of thioether (sulfide) groups is 1. The van der Waals surface area contributed by atoms with Crippen molar-refractivity contribution in [3.05, 3.63) is 28.8 Å². The van der Waals surface area contributed by atoms with E-state index < -0.39 is 0 Å². The SMILES string of the molecule is CS/C=N/c1cc(C)c(C2CC2)c(C)c1. The second-order valence-electron chi connectivity index (χ2n) is 4.24. The first kappa shape index (κ1) is 10.7. The summed E-state index contributed by atoms with van der Waals surface area (Å²) in [5.74, 6) is 0.837. The van der Waals surface area contributed by atoms with Crippen LogP contribution in [0.3, 0.4) is 0 Å². The Labute approximate surface area is 96.0 Å². The zero-order valence-electron chi connectivity index (χ0n) is 9.58. The molecule has 0 aromatic heterocycles. The molecule has 0 saturated heterocycles. The van der Waals surface area contributed by atoms with E-state index in [0.717, 1.165) is 11.6 Å². The van der Waals surface area contributed by atoms with Crippen LogP contribution in [-0.2, 0) is 0 Å². The molecule has 0 bridgehead atoms. The third-order valence-electron chi connectivity index (χ3n) is 2.87. The second kappa shape index (κ2) is 4.40. The van der Waals surface area contributed by atoms with E-state index in [9.17, 15) is 0 Å². The molecule has 1 saturated carbocycles. The van der Waals surface area contributed by atoms with Gasteiger partial charge in [-0.25, -0.2) is 0 Å². The molecule has 0 radical (unpaired) electrons. The molecule has 1 aromatic rings. The maximum Gasteiger partial charge on any atom is 0.0641 e. The van der Waals surface area contributed by atoms with E-state index in [1.165, 1.54) is 24.0 Å². The molecular weight excluding hydrogens is 202 g/mol. The summed E-state index contributed by atoms with van der Waals surface area (Å²) >= 11 is 1.64. The lowest BCUT2D eigenvalue weighted by Gasteiger charge is -2.09. The number of aryl methyl sites for hydroxylation is 2.